The van der Waals surface area contributed by atoms with Crippen LogP contribution in [0.3, 0.4) is 0 Å². The van der Waals surface area contributed by atoms with Gasteiger partial charge >= 0.3 is 7.75 Å². The zero-order valence-corrected chi connectivity index (χ0v) is 7.27. The summed E-state index contributed by atoms with van der Waals surface area (Å²) in [5.41, 5.74) is 5.07. The Labute approximate surface area is 61.3 Å². The van der Waals surface area contributed by atoms with Crippen molar-refractivity contribution in [3.8, 4) is 0 Å². The fourth-order valence-electron chi connectivity index (χ4n) is 0.389. The number of unbranched alkanes of at least 4 members (excludes halogenated alkanes) is 1. The van der Waals surface area contributed by atoms with Gasteiger partial charge in [-0.25, -0.2) is 10.1 Å². The Hall–Kier alpha value is 0.110. The van der Waals surface area contributed by atoms with Gasteiger partial charge in [-0.15, -0.1) is 0 Å². The zero-order valence-electron chi connectivity index (χ0n) is 6.37. The molecule has 1 atom stereocenters. The van der Waals surface area contributed by atoms with Gasteiger partial charge in [-0.1, -0.05) is 13.3 Å². The molecule has 0 bridgehead atoms. The molecule has 0 fully saturated rings. The molecule has 0 rings (SSSR count). The van der Waals surface area contributed by atoms with Crippen LogP contribution in [0.2, 0.25) is 0 Å². The van der Waals surface area contributed by atoms with E-state index in [1.807, 2.05) is 6.92 Å². The minimum absolute atomic E-state index is 0.401. The number of hydrogen-bond donors (Lipinski definition) is 1. The highest BCUT2D eigenvalue weighted by Crippen LogP contribution is 2.37. The lowest BCUT2D eigenvalue weighted by Gasteiger charge is -2.08. The van der Waals surface area contributed by atoms with Crippen molar-refractivity contribution in [3.05, 3.63) is 0 Å². The zero-order chi connectivity index (χ0) is 8.04. The fraction of sp³-hybridized carbons (Fsp3) is 1.00. The molecule has 4 nitrogen and oxygen atoms in total. The molecule has 0 aromatic heterocycles. The second-order valence-corrected chi connectivity index (χ2v) is 3.61. The first-order valence-electron chi connectivity index (χ1n) is 3.21. The maximum atomic E-state index is 10.8. The van der Waals surface area contributed by atoms with Gasteiger partial charge in [0.25, 0.3) is 0 Å². The minimum atomic E-state index is -3.20. The highest BCUT2D eigenvalue weighted by Gasteiger charge is 2.13. The number of nitrogens with two attached hydrogens (primary N) is 1. The maximum absolute atomic E-state index is 10.8. The van der Waals surface area contributed by atoms with Gasteiger partial charge in [0.15, 0.2) is 0 Å². The average molecular weight is 167 g/mol. The predicted octanol–water partition coefficient (Wildman–Crippen LogP) is 1.52. The van der Waals surface area contributed by atoms with Crippen molar-refractivity contribution >= 4 is 7.75 Å². The molecule has 0 amide bonds. The summed E-state index contributed by atoms with van der Waals surface area (Å²) in [4.78, 5) is 0. The lowest BCUT2D eigenvalue weighted by Crippen LogP contribution is -2.02. The molecule has 5 heteroatoms. The molecule has 0 aliphatic carbocycles. The summed E-state index contributed by atoms with van der Waals surface area (Å²) in [7, 11) is -1.93. The van der Waals surface area contributed by atoms with Crippen LogP contribution in [0.15, 0.2) is 0 Å². The first-order chi connectivity index (χ1) is 4.62. The smallest absolute Gasteiger partial charge is 0.300 e. The molecule has 62 valence electrons. The van der Waals surface area contributed by atoms with Crippen molar-refractivity contribution < 1.29 is 13.6 Å². The summed E-state index contributed by atoms with van der Waals surface area (Å²) < 4.78 is 19.9. The molecule has 10 heavy (non-hydrogen) atoms. The quantitative estimate of drug-likeness (QED) is 0.498. The highest BCUT2D eigenvalue weighted by atomic mass is 31.2. The second kappa shape index (κ2) is 4.85. The summed E-state index contributed by atoms with van der Waals surface area (Å²) >= 11 is 0. The van der Waals surface area contributed by atoms with E-state index in [4.69, 9.17) is 10.0 Å². The van der Waals surface area contributed by atoms with Crippen molar-refractivity contribution in [2.45, 2.75) is 19.8 Å². The summed E-state index contributed by atoms with van der Waals surface area (Å²) in [5, 5.41) is 0. The van der Waals surface area contributed by atoms with Gasteiger partial charge in [0.2, 0.25) is 0 Å². The lowest BCUT2D eigenvalue weighted by molar-refractivity contribution is 0.231. The van der Waals surface area contributed by atoms with Crippen LogP contribution in [-0.2, 0) is 13.6 Å². The van der Waals surface area contributed by atoms with Crippen molar-refractivity contribution in [2.75, 3.05) is 13.7 Å². The average Bonchev–Trinajstić information content (AvgIpc) is 1.89. The van der Waals surface area contributed by atoms with Gasteiger partial charge in [-0.2, -0.15) is 0 Å². The van der Waals surface area contributed by atoms with Crippen molar-refractivity contribution in [1.29, 1.82) is 0 Å². The summed E-state index contributed by atoms with van der Waals surface area (Å²) in [6.07, 6.45) is 1.84. The molecular weight excluding hydrogens is 153 g/mol. The molecule has 1 unspecified atom stereocenters. The van der Waals surface area contributed by atoms with Crippen LogP contribution >= 0.6 is 7.75 Å². The van der Waals surface area contributed by atoms with E-state index < -0.39 is 7.75 Å². The van der Waals surface area contributed by atoms with Gasteiger partial charge in [0.05, 0.1) is 6.61 Å². The Morgan fingerprint density at radius 2 is 2.20 bits per heavy atom. The molecule has 0 saturated carbocycles. The molecule has 0 aromatic carbocycles. The van der Waals surface area contributed by atoms with E-state index in [-0.39, 0.29) is 0 Å². The van der Waals surface area contributed by atoms with Crippen LogP contribution < -0.4 is 5.50 Å². The molecular formula is C5H14NO3P. The van der Waals surface area contributed by atoms with Crippen LogP contribution in [-0.4, -0.2) is 13.7 Å². The third-order valence-electron chi connectivity index (χ3n) is 1.02. The van der Waals surface area contributed by atoms with Crippen molar-refractivity contribution in [2.24, 2.45) is 5.50 Å². The van der Waals surface area contributed by atoms with E-state index in [2.05, 4.69) is 4.52 Å². The van der Waals surface area contributed by atoms with Gasteiger partial charge in [0, 0.05) is 7.11 Å². The SMILES string of the molecule is CCCCOP(N)(=O)OC. The normalized spacial score (nSPS) is 16.7. The maximum Gasteiger partial charge on any atom is 0.402 e. The Morgan fingerprint density at radius 3 is 2.60 bits per heavy atom. The van der Waals surface area contributed by atoms with Crippen LogP contribution in [0.25, 0.3) is 0 Å². The van der Waals surface area contributed by atoms with Crippen LogP contribution in [0.5, 0.6) is 0 Å². The Morgan fingerprint density at radius 1 is 1.60 bits per heavy atom. The first kappa shape index (κ1) is 10.1. The third kappa shape index (κ3) is 4.94. The molecule has 0 aromatic rings. The van der Waals surface area contributed by atoms with Crippen LogP contribution in [0, 0.1) is 0 Å². The number of rotatable bonds is 5. The van der Waals surface area contributed by atoms with E-state index in [0.717, 1.165) is 12.8 Å². The summed E-state index contributed by atoms with van der Waals surface area (Å²) in [6.45, 7) is 2.41. The highest BCUT2D eigenvalue weighted by molar-refractivity contribution is 7.51. The summed E-state index contributed by atoms with van der Waals surface area (Å²) in [6, 6.07) is 0. The lowest BCUT2D eigenvalue weighted by atomic mass is 10.4. The molecule has 0 radical (unpaired) electrons. The van der Waals surface area contributed by atoms with E-state index in [9.17, 15) is 4.57 Å². The molecule has 0 saturated heterocycles. The van der Waals surface area contributed by atoms with Gasteiger partial charge in [0.1, 0.15) is 0 Å². The van der Waals surface area contributed by atoms with Gasteiger partial charge in [-0.05, 0) is 6.42 Å². The monoisotopic (exact) mass is 167 g/mol. The molecule has 2 N–H and O–H groups in total. The first-order valence-corrected chi connectivity index (χ1v) is 4.82. The predicted molar refractivity (Wildman–Crippen MR) is 39.7 cm³/mol. The number of hydrogen-bond acceptors (Lipinski definition) is 3. The van der Waals surface area contributed by atoms with Crippen molar-refractivity contribution in [3.63, 3.8) is 0 Å². The minimum Gasteiger partial charge on any atom is -0.300 e. The Bertz CT molecular complexity index is 128. The second-order valence-electron chi connectivity index (χ2n) is 1.91. The van der Waals surface area contributed by atoms with Crippen molar-refractivity contribution in [1.82, 2.24) is 0 Å². The Balaban J connectivity index is 3.38. The molecule has 0 aliphatic heterocycles. The van der Waals surface area contributed by atoms with E-state index in [0.29, 0.717) is 6.61 Å². The summed E-state index contributed by atoms with van der Waals surface area (Å²) in [5.74, 6) is 0. The largest absolute Gasteiger partial charge is 0.402 e. The van der Waals surface area contributed by atoms with Gasteiger partial charge in [-0.3, -0.25) is 4.52 Å². The van der Waals surface area contributed by atoms with E-state index in [1.54, 1.807) is 0 Å². The Kier molecular flexibility index (Phi) is 4.91. The third-order valence-corrected chi connectivity index (χ3v) is 2.08. The van der Waals surface area contributed by atoms with E-state index >= 15 is 0 Å². The fourth-order valence-corrected chi connectivity index (χ4v) is 0.878. The van der Waals surface area contributed by atoms with E-state index in [1.165, 1.54) is 7.11 Å². The van der Waals surface area contributed by atoms with Gasteiger partial charge < -0.3 is 4.52 Å². The van der Waals surface area contributed by atoms with Crippen LogP contribution in [0.4, 0.5) is 0 Å². The topological polar surface area (TPSA) is 61.5 Å². The standard InChI is InChI=1S/C5H14NO3P/c1-3-4-5-9-10(6,7)8-2/h3-5H2,1-2H3,(H2,6,7). The van der Waals surface area contributed by atoms with Crippen LogP contribution in [0.1, 0.15) is 19.8 Å². The molecule has 0 spiro atoms. The molecule has 0 heterocycles. The molecule has 0 aliphatic rings.